The van der Waals surface area contributed by atoms with Gasteiger partial charge in [0.05, 0.1) is 5.69 Å². The number of hydrogen-bond donors (Lipinski definition) is 2. The van der Waals surface area contributed by atoms with E-state index < -0.39 is 35.7 Å². The van der Waals surface area contributed by atoms with Crippen LogP contribution >= 0.6 is 27.5 Å². The lowest BCUT2D eigenvalue weighted by Gasteiger charge is -2.23. The number of hydrogen-bond acceptors (Lipinski definition) is 3. The minimum absolute atomic E-state index is 0.131. The summed E-state index contributed by atoms with van der Waals surface area (Å²) in [4.78, 5) is 38.2. The summed E-state index contributed by atoms with van der Waals surface area (Å²) in [6, 6.07) is 9.95. The maximum atomic E-state index is 13.7. The van der Waals surface area contributed by atoms with Crippen molar-refractivity contribution in [3.8, 4) is 0 Å². The van der Waals surface area contributed by atoms with Gasteiger partial charge < -0.3 is 10.6 Å². The van der Waals surface area contributed by atoms with Gasteiger partial charge in [0.2, 0.25) is 5.91 Å². The molecular weight excluding hydrogens is 441 g/mol. The molecule has 1 aliphatic heterocycles. The summed E-state index contributed by atoms with van der Waals surface area (Å²) in [5.74, 6) is -1.99. The van der Waals surface area contributed by atoms with Gasteiger partial charge in [-0.05, 0) is 31.2 Å². The third-order valence-electron chi connectivity index (χ3n) is 4.19. The van der Waals surface area contributed by atoms with Crippen LogP contribution in [0, 0.1) is 5.82 Å². The molecule has 2 aromatic carbocycles. The van der Waals surface area contributed by atoms with Crippen LogP contribution in [0.4, 0.5) is 14.9 Å². The molecule has 1 saturated heterocycles. The molecule has 4 amide bonds. The summed E-state index contributed by atoms with van der Waals surface area (Å²) in [7, 11) is 0. The fourth-order valence-electron chi connectivity index (χ4n) is 2.82. The van der Waals surface area contributed by atoms with E-state index in [1.54, 1.807) is 31.2 Å². The number of imide groups is 1. The summed E-state index contributed by atoms with van der Waals surface area (Å²) in [6.07, 6.45) is 0. The van der Waals surface area contributed by atoms with E-state index in [1.165, 1.54) is 12.1 Å². The number of benzene rings is 2. The molecular formula is C18H14BrClFN3O3. The Bertz CT molecular complexity index is 955. The number of halogens is 3. The second-order valence-electron chi connectivity index (χ2n) is 6.10. The summed E-state index contributed by atoms with van der Waals surface area (Å²) >= 11 is 9.15. The molecule has 140 valence electrons. The molecule has 1 heterocycles. The molecule has 9 heteroatoms. The SMILES string of the molecule is C[C@]1(c2ccccc2Br)NC(=O)N(CC(=O)Nc2cc(Cl)ccc2F)C1=O. The smallest absolute Gasteiger partial charge is 0.322 e. The van der Waals surface area contributed by atoms with Gasteiger partial charge in [0.25, 0.3) is 5.91 Å². The maximum Gasteiger partial charge on any atom is 0.325 e. The molecule has 1 aliphatic rings. The van der Waals surface area contributed by atoms with E-state index in [0.29, 0.717) is 10.0 Å². The predicted molar refractivity (Wildman–Crippen MR) is 102 cm³/mol. The van der Waals surface area contributed by atoms with E-state index in [0.717, 1.165) is 11.0 Å². The monoisotopic (exact) mass is 453 g/mol. The first kappa shape index (κ1) is 19.3. The average molecular weight is 455 g/mol. The highest BCUT2D eigenvalue weighted by atomic mass is 79.9. The van der Waals surface area contributed by atoms with Gasteiger partial charge in [-0.2, -0.15) is 0 Å². The van der Waals surface area contributed by atoms with Crippen molar-refractivity contribution in [3.05, 3.63) is 63.3 Å². The number of amides is 4. The van der Waals surface area contributed by atoms with E-state index >= 15 is 0 Å². The van der Waals surface area contributed by atoms with Crippen molar-refractivity contribution in [1.82, 2.24) is 10.2 Å². The summed E-state index contributed by atoms with van der Waals surface area (Å²) < 4.78 is 14.4. The fourth-order valence-corrected chi connectivity index (χ4v) is 3.67. The lowest BCUT2D eigenvalue weighted by Crippen LogP contribution is -2.42. The highest BCUT2D eigenvalue weighted by molar-refractivity contribution is 9.10. The van der Waals surface area contributed by atoms with Crippen LogP contribution in [-0.4, -0.2) is 29.3 Å². The lowest BCUT2D eigenvalue weighted by molar-refractivity contribution is -0.133. The predicted octanol–water partition coefficient (Wildman–Crippen LogP) is 3.65. The van der Waals surface area contributed by atoms with Gasteiger partial charge in [-0.3, -0.25) is 14.5 Å². The molecule has 3 rings (SSSR count). The fraction of sp³-hybridized carbons (Fsp3) is 0.167. The average Bonchev–Trinajstić information content (AvgIpc) is 2.82. The van der Waals surface area contributed by atoms with E-state index in [-0.39, 0.29) is 10.7 Å². The Hall–Kier alpha value is -2.45. The minimum Gasteiger partial charge on any atom is -0.322 e. The van der Waals surface area contributed by atoms with Gasteiger partial charge in [0, 0.05) is 15.1 Å². The lowest BCUT2D eigenvalue weighted by atomic mass is 9.92. The quantitative estimate of drug-likeness (QED) is 0.692. The normalized spacial score (nSPS) is 19.2. The summed E-state index contributed by atoms with van der Waals surface area (Å²) in [5, 5.41) is 5.16. The molecule has 27 heavy (non-hydrogen) atoms. The van der Waals surface area contributed by atoms with Crippen LogP contribution in [0.5, 0.6) is 0 Å². The number of nitrogens with zero attached hydrogens (tertiary/aromatic N) is 1. The molecule has 0 aromatic heterocycles. The Balaban J connectivity index is 1.79. The molecule has 6 nitrogen and oxygen atoms in total. The van der Waals surface area contributed by atoms with E-state index in [1.807, 2.05) is 0 Å². The zero-order chi connectivity index (χ0) is 19.8. The van der Waals surface area contributed by atoms with E-state index in [2.05, 4.69) is 26.6 Å². The van der Waals surface area contributed by atoms with Crippen LogP contribution in [0.1, 0.15) is 12.5 Å². The molecule has 0 saturated carbocycles. The van der Waals surface area contributed by atoms with Crippen LogP contribution in [0.25, 0.3) is 0 Å². The highest BCUT2D eigenvalue weighted by Gasteiger charge is 2.50. The van der Waals surface area contributed by atoms with Crippen molar-refractivity contribution >= 4 is 51.1 Å². The van der Waals surface area contributed by atoms with Crippen LogP contribution in [0.3, 0.4) is 0 Å². The number of rotatable bonds is 4. The Labute approximate surface area is 167 Å². The molecule has 2 aromatic rings. The largest absolute Gasteiger partial charge is 0.325 e. The molecule has 2 N–H and O–H groups in total. The maximum absolute atomic E-state index is 13.7. The molecule has 0 bridgehead atoms. The van der Waals surface area contributed by atoms with E-state index in [9.17, 15) is 18.8 Å². The zero-order valence-corrected chi connectivity index (χ0v) is 16.4. The third-order valence-corrected chi connectivity index (χ3v) is 5.12. The standard InChI is InChI=1S/C18H14BrClFN3O3/c1-18(11-4-2-3-5-12(11)19)16(26)24(17(27)23-18)9-15(25)22-14-8-10(20)6-7-13(14)21/h2-8H,9H2,1H3,(H,22,25)(H,23,27)/t18-/m1/s1. The first-order chi connectivity index (χ1) is 12.7. The van der Waals surface area contributed by atoms with Crippen LogP contribution < -0.4 is 10.6 Å². The number of carbonyl (C=O) groups is 3. The van der Waals surface area contributed by atoms with Crippen molar-refractivity contribution in [2.45, 2.75) is 12.5 Å². The van der Waals surface area contributed by atoms with Gasteiger partial charge in [0.15, 0.2) is 0 Å². The second kappa shape index (κ2) is 7.28. The Kier molecular flexibility index (Phi) is 5.21. The summed E-state index contributed by atoms with van der Waals surface area (Å²) in [5.41, 5.74) is -0.890. The van der Waals surface area contributed by atoms with Gasteiger partial charge in [-0.15, -0.1) is 0 Å². The van der Waals surface area contributed by atoms with Crippen molar-refractivity contribution in [2.24, 2.45) is 0 Å². The number of carbonyl (C=O) groups excluding carboxylic acids is 3. The Morgan fingerprint density at radius 3 is 2.70 bits per heavy atom. The molecule has 1 fully saturated rings. The third kappa shape index (κ3) is 3.68. The first-order valence-corrected chi connectivity index (χ1v) is 9.03. The van der Waals surface area contributed by atoms with Crippen molar-refractivity contribution in [3.63, 3.8) is 0 Å². The topological polar surface area (TPSA) is 78.5 Å². The molecule has 1 atom stereocenters. The zero-order valence-electron chi connectivity index (χ0n) is 14.1. The Morgan fingerprint density at radius 1 is 1.30 bits per heavy atom. The minimum atomic E-state index is -1.32. The first-order valence-electron chi connectivity index (χ1n) is 7.86. The van der Waals surface area contributed by atoms with Crippen LogP contribution in [-0.2, 0) is 15.1 Å². The summed E-state index contributed by atoms with van der Waals surface area (Å²) in [6.45, 7) is 0.999. The van der Waals surface area contributed by atoms with Crippen molar-refractivity contribution < 1.29 is 18.8 Å². The highest BCUT2D eigenvalue weighted by Crippen LogP contribution is 2.33. The van der Waals surface area contributed by atoms with Gasteiger partial charge in [-0.1, -0.05) is 45.7 Å². The van der Waals surface area contributed by atoms with Crippen molar-refractivity contribution in [2.75, 3.05) is 11.9 Å². The van der Waals surface area contributed by atoms with Crippen LogP contribution in [0.15, 0.2) is 46.9 Å². The Morgan fingerprint density at radius 2 is 2.00 bits per heavy atom. The number of urea groups is 1. The van der Waals surface area contributed by atoms with Gasteiger partial charge in [0.1, 0.15) is 17.9 Å². The molecule has 0 spiro atoms. The molecule has 0 unspecified atom stereocenters. The second-order valence-corrected chi connectivity index (χ2v) is 7.39. The molecule has 0 aliphatic carbocycles. The molecule has 0 radical (unpaired) electrons. The van der Waals surface area contributed by atoms with E-state index in [4.69, 9.17) is 11.6 Å². The van der Waals surface area contributed by atoms with Gasteiger partial charge in [-0.25, -0.2) is 9.18 Å². The van der Waals surface area contributed by atoms with Crippen LogP contribution in [0.2, 0.25) is 5.02 Å². The van der Waals surface area contributed by atoms with Gasteiger partial charge >= 0.3 is 6.03 Å². The number of nitrogens with one attached hydrogen (secondary N) is 2. The van der Waals surface area contributed by atoms with Crippen molar-refractivity contribution in [1.29, 1.82) is 0 Å². The number of anilines is 1.